The van der Waals surface area contributed by atoms with Crippen molar-refractivity contribution in [1.29, 1.82) is 0 Å². The minimum atomic E-state index is -3.42. The monoisotopic (exact) mass is 348 g/mol. The van der Waals surface area contributed by atoms with Crippen molar-refractivity contribution >= 4 is 15.9 Å². The Hall–Kier alpha value is -2.32. The second-order valence-electron chi connectivity index (χ2n) is 5.38. The van der Waals surface area contributed by atoms with Gasteiger partial charge in [0.25, 0.3) is 0 Å². The Morgan fingerprint density at radius 1 is 1.21 bits per heavy atom. The van der Waals surface area contributed by atoms with Gasteiger partial charge in [-0.3, -0.25) is 4.79 Å². The quantitative estimate of drug-likeness (QED) is 0.768. The van der Waals surface area contributed by atoms with E-state index in [-0.39, 0.29) is 5.91 Å². The van der Waals surface area contributed by atoms with Crippen molar-refractivity contribution in [1.82, 2.24) is 20.0 Å². The maximum absolute atomic E-state index is 11.8. The summed E-state index contributed by atoms with van der Waals surface area (Å²) in [6.07, 6.45) is 3.15. The average Bonchev–Trinajstić information content (AvgIpc) is 2.54. The summed E-state index contributed by atoms with van der Waals surface area (Å²) >= 11 is 0. The predicted octanol–water partition coefficient (Wildman–Crippen LogP) is 0.740. The third kappa shape index (κ3) is 5.71. The number of nitrogens with zero attached hydrogens (tertiary/aromatic N) is 2. The number of aromatic nitrogens is 2. The molecule has 1 amide bonds. The van der Waals surface area contributed by atoms with Crippen molar-refractivity contribution in [2.75, 3.05) is 12.8 Å². The molecule has 2 rings (SSSR count). The summed E-state index contributed by atoms with van der Waals surface area (Å²) in [5.74, 6) is 0.222. The van der Waals surface area contributed by atoms with Crippen molar-refractivity contribution in [3.8, 4) is 11.3 Å². The molecule has 1 heterocycles. The second kappa shape index (κ2) is 7.98. The first-order chi connectivity index (χ1) is 11.3. The summed E-state index contributed by atoms with van der Waals surface area (Å²) in [7, 11) is -3.42. The van der Waals surface area contributed by atoms with E-state index in [1.54, 1.807) is 6.20 Å². The highest BCUT2D eigenvalue weighted by Gasteiger charge is 2.16. The zero-order chi connectivity index (χ0) is 17.6. The lowest BCUT2D eigenvalue weighted by Gasteiger charge is -2.12. The summed E-state index contributed by atoms with van der Waals surface area (Å²) in [5, 5.41) is 2.67. The van der Waals surface area contributed by atoms with Gasteiger partial charge in [0, 0.05) is 24.7 Å². The van der Waals surface area contributed by atoms with Gasteiger partial charge in [0.05, 0.1) is 18.0 Å². The van der Waals surface area contributed by atoms with Crippen LogP contribution in [0.4, 0.5) is 0 Å². The molecule has 0 spiro atoms. The van der Waals surface area contributed by atoms with Gasteiger partial charge >= 0.3 is 0 Å². The van der Waals surface area contributed by atoms with Crippen LogP contribution in [-0.2, 0) is 21.2 Å². The van der Waals surface area contributed by atoms with Gasteiger partial charge in [0.1, 0.15) is 5.82 Å². The Morgan fingerprint density at radius 2 is 1.92 bits per heavy atom. The molecule has 2 N–H and O–H groups in total. The highest BCUT2D eigenvalue weighted by molar-refractivity contribution is 7.88. The Morgan fingerprint density at radius 3 is 2.58 bits per heavy atom. The fourth-order valence-corrected chi connectivity index (χ4v) is 2.86. The van der Waals surface area contributed by atoms with Crippen molar-refractivity contribution in [2.24, 2.45) is 0 Å². The van der Waals surface area contributed by atoms with Gasteiger partial charge < -0.3 is 5.32 Å². The number of nitrogens with one attached hydrogen (secondary N) is 2. The van der Waals surface area contributed by atoms with E-state index in [4.69, 9.17) is 0 Å². The average molecular weight is 348 g/mol. The lowest BCUT2D eigenvalue weighted by molar-refractivity contribution is -0.122. The molecule has 1 aromatic carbocycles. The Kier molecular flexibility index (Phi) is 5.99. The first-order valence-corrected chi connectivity index (χ1v) is 9.36. The van der Waals surface area contributed by atoms with Gasteiger partial charge in [0.2, 0.25) is 15.9 Å². The van der Waals surface area contributed by atoms with E-state index in [1.807, 2.05) is 36.4 Å². The summed E-state index contributed by atoms with van der Waals surface area (Å²) in [5.41, 5.74) is 1.81. The number of amides is 1. The van der Waals surface area contributed by atoms with Crippen molar-refractivity contribution in [3.63, 3.8) is 0 Å². The van der Waals surface area contributed by atoms with Crippen LogP contribution in [0.5, 0.6) is 0 Å². The van der Waals surface area contributed by atoms with E-state index in [0.29, 0.717) is 18.8 Å². The van der Waals surface area contributed by atoms with E-state index in [2.05, 4.69) is 20.0 Å². The minimum absolute atomic E-state index is 0.326. The molecule has 8 heteroatoms. The van der Waals surface area contributed by atoms with Crippen LogP contribution in [0.3, 0.4) is 0 Å². The third-order valence-corrected chi connectivity index (χ3v) is 3.99. The van der Waals surface area contributed by atoms with Crippen LogP contribution < -0.4 is 10.0 Å². The largest absolute Gasteiger partial charge is 0.354 e. The van der Waals surface area contributed by atoms with E-state index in [1.165, 1.54) is 6.92 Å². The fourth-order valence-electron chi connectivity index (χ4n) is 2.11. The predicted molar refractivity (Wildman–Crippen MR) is 91.6 cm³/mol. The molecule has 0 saturated heterocycles. The molecule has 1 atom stereocenters. The molecule has 0 aliphatic carbocycles. The van der Waals surface area contributed by atoms with E-state index in [0.717, 1.165) is 17.5 Å². The molecule has 128 valence electrons. The van der Waals surface area contributed by atoms with Crippen LogP contribution in [0.1, 0.15) is 12.7 Å². The van der Waals surface area contributed by atoms with Gasteiger partial charge in [-0.1, -0.05) is 30.3 Å². The Bertz CT molecular complexity index is 794. The molecule has 0 fully saturated rings. The molecule has 7 nitrogen and oxygen atoms in total. The molecular formula is C16H20N4O3S. The van der Waals surface area contributed by atoms with Crippen LogP contribution in [0.2, 0.25) is 0 Å². The molecule has 24 heavy (non-hydrogen) atoms. The van der Waals surface area contributed by atoms with E-state index >= 15 is 0 Å². The number of hydrogen-bond donors (Lipinski definition) is 2. The maximum atomic E-state index is 11.8. The van der Waals surface area contributed by atoms with Gasteiger partial charge in [-0.15, -0.1) is 0 Å². The number of hydrogen-bond acceptors (Lipinski definition) is 5. The van der Waals surface area contributed by atoms with Gasteiger partial charge in [-0.05, 0) is 13.0 Å². The summed E-state index contributed by atoms with van der Waals surface area (Å²) in [6.45, 7) is 1.82. The number of sulfonamides is 1. The minimum Gasteiger partial charge on any atom is -0.354 e. The summed E-state index contributed by atoms with van der Waals surface area (Å²) in [4.78, 5) is 20.5. The Balaban J connectivity index is 1.90. The lowest BCUT2D eigenvalue weighted by atomic mass is 10.1. The number of carbonyl (C=O) groups is 1. The maximum Gasteiger partial charge on any atom is 0.237 e. The highest BCUT2D eigenvalue weighted by Crippen LogP contribution is 2.15. The van der Waals surface area contributed by atoms with E-state index in [9.17, 15) is 13.2 Å². The molecule has 0 aliphatic heterocycles. The van der Waals surface area contributed by atoms with Crippen molar-refractivity contribution in [2.45, 2.75) is 19.4 Å². The number of benzene rings is 1. The molecular weight excluding hydrogens is 328 g/mol. The smallest absolute Gasteiger partial charge is 0.237 e. The van der Waals surface area contributed by atoms with Crippen LogP contribution in [0, 0.1) is 0 Å². The molecule has 2 aromatic rings. The van der Waals surface area contributed by atoms with Crippen molar-refractivity contribution < 1.29 is 13.2 Å². The van der Waals surface area contributed by atoms with Gasteiger partial charge in [-0.2, -0.15) is 0 Å². The first kappa shape index (κ1) is 18.0. The zero-order valence-electron chi connectivity index (χ0n) is 13.6. The molecule has 0 saturated carbocycles. The Labute approximate surface area is 141 Å². The van der Waals surface area contributed by atoms with Crippen LogP contribution >= 0.6 is 0 Å². The SMILES string of the molecule is C[C@H](NS(C)(=O)=O)C(=O)NCCc1nccc(-c2ccccc2)n1. The van der Waals surface area contributed by atoms with Crippen LogP contribution in [0.15, 0.2) is 42.6 Å². The normalized spacial score (nSPS) is 12.6. The summed E-state index contributed by atoms with van der Waals surface area (Å²) < 4.78 is 24.4. The van der Waals surface area contributed by atoms with Crippen molar-refractivity contribution in [3.05, 3.63) is 48.4 Å². The lowest BCUT2D eigenvalue weighted by Crippen LogP contribution is -2.44. The fraction of sp³-hybridized carbons (Fsp3) is 0.312. The van der Waals surface area contributed by atoms with Gasteiger partial charge in [-0.25, -0.2) is 23.1 Å². The highest BCUT2D eigenvalue weighted by atomic mass is 32.2. The van der Waals surface area contributed by atoms with Crippen LogP contribution in [0.25, 0.3) is 11.3 Å². The second-order valence-corrected chi connectivity index (χ2v) is 7.16. The number of carbonyl (C=O) groups excluding carboxylic acids is 1. The first-order valence-electron chi connectivity index (χ1n) is 7.47. The summed E-state index contributed by atoms with van der Waals surface area (Å²) in [6, 6.07) is 10.7. The standard InChI is InChI=1S/C16H20N4O3S/c1-12(20-24(2,22)23)16(21)18-11-9-15-17-10-8-14(19-15)13-6-4-3-5-7-13/h3-8,10,12,20H,9,11H2,1-2H3,(H,18,21)/t12-/m0/s1. The zero-order valence-corrected chi connectivity index (χ0v) is 14.4. The molecule has 0 aliphatic rings. The van der Waals surface area contributed by atoms with Crippen LogP contribution in [-0.4, -0.2) is 43.1 Å². The van der Waals surface area contributed by atoms with Gasteiger partial charge in [0.15, 0.2) is 0 Å². The molecule has 0 unspecified atom stereocenters. The topological polar surface area (TPSA) is 101 Å². The number of rotatable bonds is 7. The molecule has 1 aromatic heterocycles. The van der Waals surface area contributed by atoms with E-state index < -0.39 is 16.1 Å². The molecule has 0 radical (unpaired) electrons. The molecule has 0 bridgehead atoms. The third-order valence-electron chi connectivity index (χ3n) is 3.21.